The third-order valence-electron chi connectivity index (χ3n) is 0.880. The van der Waals surface area contributed by atoms with Gasteiger partial charge in [-0.15, -0.1) is 0 Å². The van der Waals surface area contributed by atoms with Crippen molar-refractivity contribution in [1.29, 1.82) is 0 Å². The van der Waals surface area contributed by atoms with E-state index in [9.17, 15) is 4.79 Å². The maximum absolute atomic E-state index is 9.95. The molecule has 0 aromatic rings. The second-order valence-electron chi connectivity index (χ2n) is 1.64. The quantitative estimate of drug-likeness (QED) is 0.617. The van der Waals surface area contributed by atoms with Crippen LogP contribution in [0.4, 0.5) is 0 Å². The third kappa shape index (κ3) is 7.15. The summed E-state index contributed by atoms with van der Waals surface area (Å²) in [5, 5.41) is 16.8. The number of aliphatic hydroxyl groups excluding tert-OH is 1. The van der Waals surface area contributed by atoms with Gasteiger partial charge in [-0.3, -0.25) is 0 Å². The molecule has 0 saturated heterocycles. The zero-order valence-corrected chi connectivity index (χ0v) is 8.93. The fraction of sp³-hybridized carbons (Fsp3) is 0.800. The number of thioether (sulfide) groups is 1. The first kappa shape index (κ1) is 13.6. The molecule has 0 aliphatic carbocycles. The van der Waals surface area contributed by atoms with Crippen molar-refractivity contribution in [2.24, 2.45) is 0 Å². The first-order valence-corrected chi connectivity index (χ1v) is 3.97. The normalized spacial score (nSPS) is 11.8. The first-order valence-electron chi connectivity index (χ1n) is 2.58. The maximum Gasteiger partial charge on any atom is 2.00 e. The van der Waals surface area contributed by atoms with Crippen LogP contribution in [-0.2, 0) is 4.79 Å². The third-order valence-corrected chi connectivity index (χ3v) is 1.52. The Kier molecular flexibility index (Phi) is 11.1. The van der Waals surface area contributed by atoms with E-state index in [0.29, 0.717) is 12.2 Å². The van der Waals surface area contributed by atoms with Gasteiger partial charge in [0.15, 0.2) is 6.10 Å². The van der Waals surface area contributed by atoms with Gasteiger partial charge in [0.1, 0.15) is 0 Å². The van der Waals surface area contributed by atoms with Crippen LogP contribution >= 0.6 is 11.8 Å². The van der Waals surface area contributed by atoms with Gasteiger partial charge in [0.2, 0.25) is 0 Å². The minimum absolute atomic E-state index is 0. The largest absolute Gasteiger partial charge is 2.00 e. The van der Waals surface area contributed by atoms with Gasteiger partial charge >= 0.3 is 43.7 Å². The molecule has 10 heavy (non-hydrogen) atoms. The fourth-order valence-electron chi connectivity index (χ4n) is 0.353. The minimum Gasteiger partial charge on any atom is -1.00 e. The zero-order chi connectivity index (χ0) is 7.28. The van der Waals surface area contributed by atoms with Crippen LogP contribution in [0.3, 0.4) is 0 Å². The summed E-state index contributed by atoms with van der Waals surface area (Å²) in [5.74, 6) is -0.447. The van der Waals surface area contributed by atoms with Gasteiger partial charge < -0.3 is 13.1 Å². The van der Waals surface area contributed by atoms with Crippen molar-refractivity contribution in [3.05, 3.63) is 0 Å². The molecule has 1 unspecified atom stereocenters. The molecule has 0 bridgehead atoms. The molecule has 58 valence electrons. The van der Waals surface area contributed by atoms with Crippen LogP contribution in [-0.4, -0.2) is 72.0 Å². The average molecular weight is 192 g/mol. The van der Waals surface area contributed by atoms with Crippen LogP contribution < -0.4 is 0 Å². The number of carboxylic acid groups (broad SMARTS) is 1. The van der Waals surface area contributed by atoms with Gasteiger partial charge in [0, 0.05) is 0 Å². The molecular formula is C5H12CaO3S. The van der Waals surface area contributed by atoms with Crippen LogP contribution in [0.1, 0.15) is 9.27 Å². The molecule has 0 aliphatic heterocycles. The predicted molar refractivity (Wildman–Crippen MR) is 44.6 cm³/mol. The van der Waals surface area contributed by atoms with Crippen LogP contribution in [0, 0.1) is 0 Å². The van der Waals surface area contributed by atoms with Gasteiger partial charge in [-0.1, -0.05) is 0 Å². The van der Waals surface area contributed by atoms with E-state index < -0.39 is 12.1 Å². The summed E-state index contributed by atoms with van der Waals surface area (Å²) in [6, 6.07) is 0. The average Bonchev–Trinajstić information content (AvgIpc) is 1.82. The molecule has 0 radical (unpaired) electrons. The summed E-state index contributed by atoms with van der Waals surface area (Å²) in [7, 11) is 0. The number of aliphatic hydroxyl groups is 1. The molecule has 0 spiro atoms. The molecule has 0 aromatic carbocycles. The van der Waals surface area contributed by atoms with Gasteiger partial charge in [-0.05, 0) is 18.4 Å². The molecule has 0 amide bonds. The molecule has 0 saturated carbocycles. The van der Waals surface area contributed by atoms with Crippen molar-refractivity contribution in [3.63, 3.8) is 0 Å². The van der Waals surface area contributed by atoms with E-state index >= 15 is 0 Å². The van der Waals surface area contributed by atoms with Crippen LogP contribution in [0.2, 0.25) is 0 Å². The van der Waals surface area contributed by atoms with Crippen molar-refractivity contribution in [2.75, 3.05) is 12.0 Å². The Hall–Kier alpha value is 1.04. The zero-order valence-electron chi connectivity index (χ0n) is 7.91. The monoisotopic (exact) mass is 192 g/mol. The Balaban J connectivity index is -0.000000107. The fourth-order valence-corrected chi connectivity index (χ4v) is 0.812. The summed E-state index contributed by atoms with van der Waals surface area (Å²) in [4.78, 5) is 9.95. The molecular weight excluding hydrogens is 180 g/mol. The van der Waals surface area contributed by atoms with E-state index in [1.165, 1.54) is 11.8 Å². The molecule has 0 fully saturated rings. The Morgan fingerprint density at radius 1 is 1.80 bits per heavy atom. The van der Waals surface area contributed by atoms with E-state index in [0.717, 1.165) is 0 Å². The number of rotatable bonds is 4. The molecule has 3 nitrogen and oxygen atoms in total. The Morgan fingerprint density at radius 3 is 2.60 bits per heavy atom. The van der Waals surface area contributed by atoms with Gasteiger partial charge in [0.05, 0.1) is 0 Å². The van der Waals surface area contributed by atoms with Crippen LogP contribution in [0.25, 0.3) is 0 Å². The Bertz CT molecular complexity index is 107. The molecule has 0 heterocycles. The molecule has 0 aliphatic rings. The predicted octanol–water partition coefficient (Wildman–Crippen LogP) is 0.0292. The van der Waals surface area contributed by atoms with E-state index in [2.05, 4.69) is 0 Å². The number of carbonyl (C=O) groups is 1. The molecule has 0 rings (SSSR count). The van der Waals surface area contributed by atoms with Crippen LogP contribution in [0.5, 0.6) is 0 Å². The molecule has 0 aromatic heterocycles. The number of aliphatic carboxylic acids is 1. The second-order valence-corrected chi connectivity index (χ2v) is 2.62. The Morgan fingerprint density at radius 2 is 2.30 bits per heavy atom. The SMILES string of the molecule is CSCCC(O)C(=O)O.[Ca+2].[H-].[H-]. The maximum atomic E-state index is 9.95. The second kappa shape index (κ2) is 8.14. The van der Waals surface area contributed by atoms with Crippen molar-refractivity contribution >= 4 is 55.5 Å². The number of hydrogen-bond acceptors (Lipinski definition) is 3. The van der Waals surface area contributed by atoms with Crippen molar-refractivity contribution < 1.29 is 17.9 Å². The van der Waals surface area contributed by atoms with Gasteiger partial charge in [-0.2, -0.15) is 11.8 Å². The summed E-state index contributed by atoms with van der Waals surface area (Å²) in [6.45, 7) is 0. The summed E-state index contributed by atoms with van der Waals surface area (Å²) in [5.41, 5.74) is 0. The van der Waals surface area contributed by atoms with E-state index in [4.69, 9.17) is 10.2 Å². The topological polar surface area (TPSA) is 57.5 Å². The molecule has 2 N–H and O–H groups in total. The molecule has 1 atom stereocenters. The van der Waals surface area contributed by atoms with E-state index in [-0.39, 0.29) is 40.6 Å². The Labute approximate surface area is 97.2 Å². The van der Waals surface area contributed by atoms with Gasteiger partial charge in [-0.25, -0.2) is 4.79 Å². The first-order chi connectivity index (χ1) is 4.18. The summed E-state index contributed by atoms with van der Waals surface area (Å²) < 4.78 is 0. The smallest absolute Gasteiger partial charge is 1.00 e. The summed E-state index contributed by atoms with van der Waals surface area (Å²) >= 11 is 1.52. The number of carboxylic acids is 1. The standard InChI is InChI=1S/C5H10O3S.Ca.2H/c1-9-3-2-4(6)5(7)8;;;/h4,6H,2-3H2,1H3,(H,7,8);;;/q;+2;2*-1. The van der Waals surface area contributed by atoms with Crippen molar-refractivity contribution in [3.8, 4) is 0 Å². The van der Waals surface area contributed by atoms with Crippen molar-refractivity contribution in [1.82, 2.24) is 0 Å². The number of hydrogen-bond donors (Lipinski definition) is 2. The van der Waals surface area contributed by atoms with Crippen LogP contribution in [0.15, 0.2) is 0 Å². The molecule has 5 heteroatoms. The van der Waals surface area contributed by atoms with E-state index in [1.54, 1.807) is 0 Å². The van der Waals surface area contributed by atoms with Crippen molar-refractivity contribution in [2.45, 2.75) is 12.5 Å². The van der Waals surface area contributed by atoms with Gasteiger partial charge in [0.25, 0.3) is 0 Å². The minimum atomic E-state index is -1.18. The summed E-state index contributed by atoms with van der Waals surface area (Å²) in [6.07, 6.45) is 1.02. The van der Waals surface area contributed by atoms with E-state index in [1.807, 2.05) is 6.26 Å².